The molecule has 0 aliphatic heterocycles. The summed E-state index contributed by atoms with van der Waals surface area (Å²) in [5, 5.41) is 13.3. The molecule has 0 saturated heterocycles. The molecule has 5 rings (SSSR count). The molecule has 0 fully saturated rings. The van der Waals surface area contributed by atoms with Gasteiger partial charge in [0.25, 0.3) is 0 Å². The predicted octanol–water partition coefficient (Wildman–Crippen LogP) is 4.75. The van der Waals surface area contributed by atoms with E-state index < -0.39 is 18.1 Å². The Kier molecular flexibility index (Phi) is 5.48. The van der Waals surface area contributed by atoms with Crippen molar-refractivity contribution in [2.75, 3.05) is 6.61 Å². The summed E-state index contributed by atoms with van der Waals surface area (Å²) in [7, 11) is 0. The van der Waals surface area contributed by atoms with Crippen LogP contribution in [0.15, 0.2) is 67.0 Å². The third kappa shape index (κ3) is 4.03. The molecule has 0 bridgehead atoms. The van der Waals surface area contributed by atoms with Crippen LogP contribution in [0.4, 0.5) is 4.79 Å². The van der Waals surface area contributed by atoms with Crippen LogP contribution in [0.1, 0.15) is 22.6 Å². The maximum Gasteiger partial charge on any atom is 0.407 e. The molecular weight excluding hydrogens is 442 g/mol. The lowest BCUT2D eigenvalue weighted by Crippen LogP contribution is -2.42. The van der Waals surface area contributed by atoms with Gasteiger partial charge in [0.15, 0.2) is 0 Å². The molecular formula is C25H20ClN3O4. The number of benzene rings is 2. The third-order valence-corrected chi connectivity index (χ3v) is 6.15. The van der Waals surface area contributed by atoms with Gasteiger partial charge in [-0.1, -0.05) is 60.1 Å². The van der Waals surface area contributed by atoms with Crippen molar-refractivity contribution >= 4 is 34.7 Å². The zero-order valence-electron chi connectivity index (χ0n) is 17.4. The first-order chi connectivity index (χ1) is 16.0. The van der Waals surface area contributed by atoms with Gasteiger partial charge in [0.2, 0.25) is 0 Å². The summed E-state index contributed by atoms with van der Waals surface area (Å²) in [4.78, 5) is 31.5. The molecule has 3 N–H and O–H groups in total. The molecule has 1 aliphatic carbocycles. The SMILES string of the molecule is O=C(N[C@@H](Cc1c[nH]c2ncc(Cl)cc12)C(=O)O)OCC1c2ccccc2-c2ccccc21. The number of carbonyl (C=O) groups excluding carboxylic acids is 1. The van der Waals surface area contributed by atoms with Crippen molar-refractivity contribution in [2.45, 2.75) is 18.4 Å². The standard InChI is InChI=1S/C25H20ClN3O4/c26-15-10-20-14(11-27-23(20)28-12-15)9-22(24(30)31)29-25(32)33-13-21-18-7-3-1-5-16(18)17-6-2-4-8-19(17)21/h1-8,10-12,21-22H,9,13H2,(H,27,28)(H,29,32)(H,30,31)/t22-/m0/s1. The van der Waals surface area contributed by atoms with Crippen LogP contribution in [0.2, 0.25) is 5.02 Å². The molecule has 0 unspecified atom stereocenters. The Morgan fingerprint density at radius 3 is 2.45 bits per heavy atom. The van der Waals surface area contributed by atoms with Gasteiger partial charge in [0.05, 0.1) is 5.02 Å². The normalized spacial score (nSPS) is 13.4. The lowest BCUT2D eigenvalue weighted by molar-refractivity contribution is -0.139. The minimum Gasteiger partial charge on any atom is -0.480 e. The second-order valence-corrected chi connectivity index (χ2v) is 8.36. The van der Waals surface area contributed by atoms with E-state index in [0.717, 1.165) is 22.3 Å². The molecule has 0 saturated carbocycles. The molecule has 0 radical (unpaired) electrons. The highest BCUT2D eigenvalue weighted by Gasteiger charge is 2.30. The van der Waals surface area contributed by atoms with E-state index in [2.05, 4.69) is 27.4 Å². The third-order valence-electron chi connectivity index (χ3n) is 5.94. The highest BCUT2D eigenvalue weighted by Crippen LogP contribution is 2.44. The van der Waals surface area contributed by atoms with Crippen LogP contribution in [0.5, 0.6) is 0 Å². The number of carboxylic acid groups (broad SMARTS) is 1. The minimum atomic E-state index is -1.17. The Morgan fingerprint density at radius 1 is 1.12 bits per heavy atom. The summed E-state index contributed by atoms with van der Waals surface area (Å²) in [6.07, 6.45) is 2.46. The van der Waals surface area contributed by atoms with Crippen molar-refractivity contribution in [3.8, 4) is 11.1 Å². The molecule has 1 amide bonds. The fourth-order valence-electron chi connectivity index (χ4n) is 4.40. The van der Waals surface area contributed by atoms with Crippen LogP contribution in [0.25, 0.3) is 22.2 Å². The Morgan fingerprint density at radius 2 is 1.79 bits per heavy atom. The van der Waals surface area contributed by atoms with Crippen LogP contribution in [-0.4, -0.2) is 39.8 Å². The first-order valence-corrected chi connectivity index (χ1v) is 10.8. The number of aliphatic carboxylic acids is 1. The topological polar surface area (TPSA) is 104 Å². The molecule has 166 valence electrons. The average molecular weight is 462 g/mol. The van der Waals surface area contributed by atoms with Crippen LogP contribution < -0.4 is 5.32 Å². The second kappa shape index (κ2) is 8.60. The van der Waals surface area contributed by atoms with E-state index >= 15 is 0 Å². The predicted molar refractivity (Wildman–Crippen MR) is 124 cm³/mol. The second-order valence-electron chi connectivity index (χ2n) is 7.93. The van der Waals surface area contributed by atoms with Gasteiger partial charge in [-0.25, -0.2) is 14.6 Å². The number of pyridine rings is 1. The summed E-state index contributed by atoms with van der Waals surface area (Å²) in [5.74, 6) is -1.26. The van der Waals surface area contributed by atoms with Gasteiger partial charge in [-0.05, 0) is 33.9 Å². The first kappa shape index (κ1) is 21.0. The fourth-order valence-corrected chi connectivity index (χ4v) is 4.56. The summed E-state index contributed by atoms with van der Waals surface area (Å²) in [5.41, 5.74) is 5.70. The molecule has 2 aromatic heterocycles. The van der Waals surface area contributed by atoms with E-state index in [1.165, 1.54) is 6.20 Å². The van der Waals surface area contributed by atoms with Gasteiger partial charge in [0, 0.05) is 30.1 Å². The number of hydrogen-bond acceptors (Lipinski definition) is 4. The lowest BCUT2D eigenvalue weighted by Gasteiger charge is -2.17. The Hall–Kier alpha value is -3.84. The largest absolute Gasteiger partial charge is 0.480 e. The number of alkyl carbamates (subject to hydrolysis) is 1. The molecule has 2 heterocycles. The minimum absolute atomic E-state index is 0.0571. The monoisotopic (exact) mass is 461 g/mol. The van der Waals surface area contributed by atoms with Crippen LogP contribution in [-0.2, 0) is 16.0 Å². The van der Waals surface area contributed by atoms with Crippen molar-refractivity contribution in [3.05, 3.63) is 88.7 Å². The highest BCUT2D eigenvalue weighted by molar-refractivity contribution is 6.31. The van der Waals surface area contributed by atoms with E-state index in [9.17, 15) is 14.7 Å². The maximum absolute atomic E-state index is 12.5. The number of halogens is 1. The van der Waals surface area contributed by atoms with Crippen LogP contribution >= 0.6 is 11.6 Å². The number of H-pyrrole nitrogens is 1. The molecule has 4 aromatic rings. The van der Waals surface area contributed by atoms with Gasteiger partial charge >= 0.3 is 12.1 Å². The lowest BCUT2D eigenvalue weighted by atomic mass is 9.98. The number of carboxylic acids is 1. The van der Waals surface area contributed by atoms with E-state index in [1.807, 2.05) is 36.4 Å². The van der Waals surface area contributed by atoms with Crippen molar-refractivity contribution in [3.63, 3.8) is 0 Å². The summed E-state index contributed by atoms with van der Waals surface area (Å²) < 4.78 is 5.49. The average Bonchev–Trinajstić information content (AvgIpc) is 3.35. The highest BCUT2D eigenvalue weighted by atomic mass is 35.5. The summed E-state index contributed by atoms with van der Waals surface area (Å²) in [6.45, 7) is 0.110. The van der Waals surface area contributed by atoms with Gasteiger partial charge in [-0.15, -0.1) is 0 Å². The van der Waals surface area contributed by atoms with Crippen LogP contribution in [0, 0.1) is 0 Å². The first-order valence-electron chi connectivity index (χ1n) is 10.5. The number of fused-ring (bicyclic) bond motifs is 4. The van der Waals surface area contributed by atoms with E-state index in [-0.39, 0.29) is 18.9 Å². The van der Waals surface area contributed by atoms with Gasteiger partial charge < -0.3 is 20.1 Å². The number of rotatable bonds is 6. The van der Waals surface area contributed by atoms with E-state index in [4.69, 9.17) is 16.3 Å². The Bertz CT molecular complexity index is 1320. The zero-order chi connectivity index (χ0) is 22.9. The van der Waals surface area contributed by atoms with E-state index in [0.29, 0.717) is 21.6 Å². The van der Waals surface area contributed by atoms with Gasteiger partial charge in [-0.2, -0.15) is 0 Å². The van der Waals surface area contributed by atoms with Crippen LogP contribution in [0.3, 0.4) is 0 Å². The zero-order valence-corrected chi connectivity index (χ0v) is 18.2. The number of nitrogens with zero attached hydrogens (tertiary/aromatic N) is 1. The smallest absolute Gasteiger partial charge is 0.407 e. The van der Waals surface area contributed by atoms with Crippen molar-refractivity contribution in [1.29, 1.82) is 0 Å². The number of aromatic amines is 1. The quantitative estimate of drug-likeness (QED) is 0.384. The molecule has 33 heavy (non-hydrogen) atoms. The molecule has 8 heteroatoms. The Balaban J connectivity index is 1.29. The van der Waals surface area contributed by atoms with Gasteiger partial charge in [-0.3, -0.25) is 0 Å². The van der Waals surface area contributed by atoms with Crippen molar-refractivity contribution < 1.29 is 19.4 Å². The van der Waals surface area contributed by atoms with Crippen molar-refractivity contribution in [2.24, 2.45) is 0 Å². The maximum atomic E-state index is 12.5. The molecule has 7 nitrogen and oxygen atoms in total. The molecule has 1 aliphatic rings. The number of nitrogens with one attached hydrogen (secondary N) is 2. The number of amides is 1. The molecule has 2 aromatic carbocycles. The van der Waals surface area contributed by atoms with Crippen molar-refractivity contribution in [1.82, 2.24) is 15.3 Å². The Labute approximate surface area is 194 Å². The number of aromatic nitrogens is 2. The summed E-state index contributed by atoms with van der Waals surface area (Å²) >= 11 is 6.02. The molecule has 1 atom stereocenters. The molecule has 0 spiro atoms. The number of hydrogen-bond donors (Lipinski definition) is 3. The fraction of sp³-hybridized carbons (Fsp3) is 0.160. The number of carbonyl (C=O) groups is 2. The summed E-state index contributed by atoms with van der Waals surface area (Å²) in [6, 6.07) is 16.6. The van der Waals surface area contributed by atoms with Gasteiger partial charge in [0.1, 0.15) is 18.3 Å². The number of ether oxygens (including phenoxy) is 1. The van der Waals surface area contributed by atoms with E-state index in [1.54, 1.807) is 12.3 Å².